The maximum absolute atomic E-state index is 13.1. The van der Waals surface area contributed by atoms with Gasteiger partial charge in [-0.3, -0.25) is 4.79 Å². The summed E-state index contributed by atoms with van der Waals surface area (Å²) in [6, 6.07) is 21.4. The van der Waals surface area contributed by atoms with Crippen LogP contribution >= 0.6 is 0 Å². The van der Waals surface area contributed by atoms with Crippen molar-refractivity contribution in [2.45, 2.75) is 58.1 Å². The van der Waals surface area contributed by atoms with Crippen molar-refractivity contribution in [3.05, 3.63) is 95.8 Å². The molecule has 0 aliphatic heterocycles. The lowest BCUT2D eigenvalue weighted by Gasteiger charge is -2.26. The Morgan fingerprint density at radius 1 is 0.900 bits per heavy atom. The number of pyridine rings is 1. The highest BCUT2D eigenvalue weighted by Crippen LogP contribution is 2.23. The highest BCUT2D eigenvalue weighted by Gasteiger charge is 2.32. The Labute approximate surface area is 236 Å². The summed E-state index contributed by atoms with van der Waals surface area (Å²) in [5.41, 5.74) is 3.72. The first-order chi connectivity index (χ1) is 18.8. The minimum atomic E-state index is -3.94. The zero-order valence-corrected chi connectivity index (χ0v) is 24.5. The molecule has 1 aromatic heterocycles. The Morgan fingerprint density at radius 2 is 1.50 bits per heavy atom. The van der Waals surface area contributed by atoms with Crippen molar-refractivity contribution in [1.29, 1.82) is 0 Å². The quantitative estimate of drug-likeness (QED) is 0.225. The van der Waals surface area contributed by atoms with Gasteiger partial charge in [0.15, 0.2) is 0 Å². The third kappa shape index (κ3) is 6.95. The minimum Gasteiger partial charge on any atom is -0.459 e. The van der Waals surface area contributed by atoms with Crippen molar-refractivity contribution < 1.29 is 17.9 Å². The van der Waals surface area contributed by atoms with Crippen molar-refractivity contribution >= 4 is 26.8 Å². The summed E-state index contributed by atoms with van der Waals surface area (Å²) in [7, 11) is -3.94. The number of rotatable bonds is 6. The highest BCUT2D eigenvalue weighted by atomic mass is 32.2. The van der Waals surface area contributed by atoms with Gasteiger partial charge in [-0.25, -0.2) is 13.4 Å². The van der Waals surface area contributed by atoms with E-state index in [1.165, 1.54) is 12.1 Å². The number of ether oxygens (including phenoxy) is 1. The Balaban J connectivity index is 1.48. The second kappa shape index (κ2) is 11.6. The summed E-state index contributed by atoms with van der Waals surface area (Å²) in [4.78, 5) is 17.2. The molecule has 0 fully saturated rings. The maximum atomic E-state index is 13.1. The number of hydrogen-bond donors (Lipinski definition) is 1. The highest BCUT2D eigenvalue weighted by molar-refractivity contribution is 7.89. The lowest BCUT2D eigenvalue weighted by atomic mass is 10.0. The Morgan fingerprint density at radius 3 is 2.10 bits per heavy atom. The second-order valence-corrected chi connectivity index (χ2v) is 12.8. The van der Waals surface area contributed by atoms with E-state index in [1.807, 2.05) is 55.6 Å². The summed E-state index contributed by atoms with van der Waals surface area (Å²) >= 11 is 0. The number of esters is 1. The fraction of sp³-hybridized carbons (Fsp3) is 0.273. The molecule has 3 aromatic carbocycles. The van der Waals surface area contributed by atoms with Crippen LogP contribution in [0, 0.1) is 24.7 Å². The Bertz CT molecular complexity index is 1690. The van der Waals surface area contributed by atoms with Gasteiger partial charge in [-0.1, -0.05) is 68.3 Å². The molecule has 7 heteroatoms. The number of carbonyl (C=O) groups is 1. The van der Waals surface area contributed by atoms with Gasteiger partial charge in [0.25, 0.3) is 0 Å². The number of carbonyl (C=O) groups excluding carboxylic acids is 1. The normalized spacial score (nSPS) is 12.6. The van der Waals surface area contributed by atoms with Crippen molar-refractivity contribution in [2.24, 2.45) is 5.92 Å². The molecule has 0 aliphatic rings. The third-order valence-electron chi connectivity index (χ3n) is 6.37. The molecule has 4 aromatic rings. The van der Waals surface area contributed by atoms with Crippen LogP contribution in [0.5, 0.6) is 0 Å². The molecule has 6 nitrogen and oxygen atoms in total. The first kappa shape index (κ1) is 29.0. The number of sulfonamides is 1. The smallest absolute Gasteiger partial charge is 0.324 e. The predicted octanol–water partition coefficient (Wildman–Crippen LogP) is 6.25. The van der Waals surface area contributed by atoms with Gasteiger partial charge in [-0.05, 0) is 85.9 Å². The molecule has 1 heterocycles. The summed E-state index contributed by atoms with van der Waals surface area (Å²) < 4.78 is 34.0. The van der Waals surface area contributed by atoms with Gasteiger partial charge in [-0.15, -0.1) is 0 Å². The van der Waals surface area contributed by atoms with Crippen LogP contribution in [0.4, 0.5) is 0 Å². The monoisotopic (exact) mass is 554 g/mol. The molecule has 0 unspecified atom stereocenters. The van der Waals surface area contributed by atoms with E-state index in [9.17, 15) is 13.2 Å². The predicted molar refractivity (Wildman–Crippen MR) is 159 cm³/mol. The van der Waals surface area contributed by atoms with E-state index in [1.54, 1.807) is 46.8 Å². The molecule has 0 aliphatic carbocycles. The topological polar surface area (TPSA) is 85.4 Å². The van der Waals surface area contributed by atoms with Crippen LogP contribution in [0.15, 0.2) is 83.9 Å². The molecule has 1 N–H and O–H groups in total. The molecule has 0 amide bonds. The van der Waals surface area contributed by atoms with Crippen LogP contribution < -0.4 is 4.72 Å². The maximum Gasteiger partial charge on any atom is 0.324 e. The van der Waals surface area contributed by atoms with Gasteiger partial charge < -0.3 is 4.74 Å². The average Bonchev–Trinajstić information content (AvgIpc) is 2.91. The number of nitrogens with zero attached hydrogens (tertiary/aromatic N) is 1. The number of nitrogens with one attached hydrogen (secondary N) is 1. The lowest BCUT2D eigenvalue weighted by Crippen LogP contribution is -2.47. The zero-order chi connectivity index (χ0) is 29.1. The Kier molecular flexibility index (Phi) is 8.43. The SMILES string of the molecule is Cc1c(C#Cc2ccc(-c3ccc(S(=O)(=O)N[C@@H](C(=O)OC(C)(C)C)C(C)C)cc3)cc2)ncc2ccccc12. The van der Waals surface area contributed by atoms with E-state index in [2.05, 4.69) is 27.6 Å². The largest absolute Gasteiger partial charge is 0.459 e. The van der Waals surface area contributed by atoms with Gasteiger partial charge in [0.1, 0.15) is 17.3 Å². The number of aryl methyl sites for hydroxylation is 1. The van der Waals surface area contributed by atoms with Gasteiger partial charge in [0.2, 0.25) is 10.0 Å². The van der Waals surface area contributed by atoms with Gasteiger partial charge in [0, 0.05) is 17.1 Å². The summed E-state index contributed by atoms with van der Waals surface area (Å²) in [6.07, 6.45) is 1.84. The van der Waals surface area contributed by atoms with E-state index in [4.69, 9.17) is 4.74 Å². The fourth-order valence-corrected chi connectivity index (χ4v) is 5.53. The first-order valence-electron chi connectivity index (χ1n) is 13.2. The van der Waals surface area contributed by atoms with E-state index in [0.717, 1.165) is 38.7 Å². The van der Waals surface area contributed by atoms with Crippen LogP contribution in [0.25, 0.3) is 21.9 Å². The number of aromatic nitrogens is 1. The van der Waals surface area contributed by atoms with Crippen LogP contribution in [0.1, 0.15) is 51.4 Å². The molecule has 206 valence electrons. The molecule has 0 radical (unpaired) electrons. The lowest BCUT2D eigenvalue weighted by molar-refractivity contribution is -0.158. The van der Waals surface area contributed by atoms with E-state index < -0.39 is 27.6 Å². The standard InChI is InChI=1S/C33H34N2O4S/c1-22(2)31(32(36)39-33(4,5)6)35-40(37,38)28-18-16-26(17-19-28)25-14-11-24(12-15-25)13-20-30-23(3)29-10-8-7-9-27(29)21-34-30/h7-12,14-19,21-22,31,35H,1-6H3/t31-/m1/s1. The van der Waals surface area contributed by atoms with Crippen LogP contribution in [-0.2, 0) is 19.6 Å². The van der Waals surface area contributed by atoms with E-state index >= 15 is 0 Å². The van der Waals surface area contributed by atoms with Crippen LogP contribution in [0.3, 0.4) is 0 Å². The van der Waals surface area contributed by atoms with Crippen molar-refractivity contribution in [1.82, 2.24) is 9.71 Å². The summed E-state index contributed by atoms with van der Waals surface area (Å²) in [5, 5.41) is 2.23. The van der Waals surface area contributed by atoms with Crippen LogP contribution in [0.2, 0.25) is 0 Å². The fourth-order valence-electron chi connectivity index (χ4n) is 4.20. The summed E-state index contributed by atoms with van der Waals surface area (Å²) in [5.74, 6) is 5.48. The molecular weight excluding hydrogens is 520 g/mol. The van der Waals surface area contributed by atoms with Crippen LogP contribution in [-0.4, -0.2) is 31.0 Å². The first-order valence-corrected chi connectivity index (χ1v) is 14.6. The van der Waals surface area contributed by atoms with Gasteiger partial charge >= 0.3 is 5.97 Å². The average molecular weight is 555 g/mol. The van der Waals surface area contributed by atoms with E-state index in [0.29, 0.717) is 0 Å². The molecule has 40 heavy (non-hydrogen) atoms. The van der Waals surface area contributed by atoms with Crippen molar-refractivity contribution in [3.8, 4) is 23.0 Å². The minimum absolute atomic E-state index is 0.0752. The van der Waals surface area contributed by atoms with Gasteiger partial charge in [-0.2, -0.15) is 4.72 Å². The molecule has 1 atom stereocenters. The summed E-state index contributed by atoms with van der Waals surface area (Å²) in [6.45, 7) is 10.8. The van der Waals surface area contributed by atoms with Crippen molar-refractivity contribution in [2.75, 3.05) is 0 Å². The molecule has 0 saturated carbocycles. The van der Waals surface area contributed by atoms with E-state index in [-0.39, 0.29) is 10.8 Å². The zero-order valence-electron chi connectivity index (χ0n) is 23.6. The number of hydrogen-bond acceptors (Lipinski definition) is 5. The Hall–Kier alpha value is -3.99. The molecule has 4 rings (SSSR count). The number of fused-ring (bicyclic) bond motifs is 1. The van der Waals surface area contributed by atoms with Gasteiger partial charge in [0.05, 0.1) is 4.90 Å². The molecule has 0 spiro atoms. The number of benzene rings is 3. The molecule has 0 saturated heterocycles. The third-order valence-corrected chi connectivity index (χ3v) is 7.83. The van der Waals surface area contributed by atoms with Crippen molar-refractivity contribution in [3.63, 3.8) is 0 Å². The molecule has 0 bridgehead atoms. The molecular formula is C33H34N2O4S. The second-order valence-electron chi connectivity index (χ2n) is 11.0.